The monoisotopic (exact) mass is 224 g/mol. The second-order valence-electron chi connectivity index (χ2n) is 4.19. The zero-order valence-electron chi connectivity index (χ0n) is 10.3. The molecule has 0 heterocycles. The highest BCUT2D eigenvalue weighted by Crippen LogP contribution is 2.19. The zero-order valence-corrected chi connectivity index (χ0v) is 10.3. The van der Waals surface area contributed by atoms with Crippen LogP contribution in [0.25, 0.3) is 0 Å². The fraction of sp³-hybridized carbons (Fsp3) is 0.538. The predicted octanol–water partition coefficient (Wildman–Crippen LogP) is 3.03. The van der Waals surface area contributed by atoms with Crippen LogP contribution in [0, 0.1) is 5.82 Å². The minimum absolute atomic E-state index is 0.210. The molecule has 0 amide bonds. The first-order chi connectivity index (χ1) is 7.60. The molecule has 0 bridgehead atoms. The zero-order chi connectivity index (χ0) is 12.1. The van der Waals surface area contributed by atoms with Gasteiger partial charge in [-0.1, -0.05) is 19.9 Å². The van der Waals surface area contributed by atoms with Gasteiger partial charge in [0.25, 0.3) is 0 Å². The maximum atomic E-state index is 13.6. The minimum Gasteiger partial charge on any atom is -0.398 e. The average Bonchev–Trinajstić information content (AvgIpc) is 2.25. The summed E-state index contributed by atoms with van der Waals surface area (Å²) in [4.78, 5) is 2.16. The Morgan fingerprint density at radius 3 is 2.44 bits per heavy atom. The van der Waals surface area contributed by atoms with Gasteiger partial charge in [-0.3, -0.25) is 4.90 Å². The molecule has 1 rings (SSSR count). The molecule has 0 aliphatic rings. The average molecular weight is 224 g/mol. The van der Waals surface area contributed by atoms with Crippen LogP contribution < -0.4 is 5.73 Å². The molecule has 0 spiro atoms. The number of hydrogen-bond donors (Lipinski definition) is 1. The fourth-order valence-electron chi connectivity index (χ4n) is 2.03. The van der Waals surface area contributed by atoms with Gasteiger partial charge in [0.15, 0.2) is 0 Å². The lowest BCUT2D eigenvalue weighted by Crippen LogP contribution is -2.30. The van der Waals surface area contributed by atoms with Crippen LogP contribution in [0.1, 0.15) is 32.3 Å². The van der Waals surface area contributed by atoms with E-state index in [0.717, 1.165) is 12.8 Å². The van der Waals surface area contributed by atoms with Crippen LogP contribution in [0.3, 0.4) is 0 Å². The van der Waals surface area contributed by atoms with Gasteiger partial charge >= 0.3 is 0 Å². The van der Waals surface area contributed by atoms with Gasteiger partial charge in [-0.25, -0.2) is 4.39 Å². The standard InChI is InChI=1S/C13H21FN2/c1-4-10(5-2)16(3)9-11-12(14)7-6-8-13(11)15/h6-8,10H,4-5,9,15H2,1-3H3. The van der Waals surface area contributed by atoms with E-state index in [1.54, 1.807) is 12.1 Å². The van der Waals surface area contributed by atoms with Crippen LogP contribution in [0.2, 0.25) is 0 Å². The first-order valence-corrected chi connectivity index (χ1v) is 5.83. The molecule has 0 aliphatic heterocycles. The van der Waals surface area contributed by atoms with Crippen LogP contribution in [-0.2, 0) is 6.54 Å². The second kappa shape index (κ2) is 5.85. The van der Waals surface area contributed by atoms with Crippen molar-refractivity contribution in [2.24, 2.45) is 0 Å². The number of anilines is 1. The van der Waals surface area contributed by atoms with Gasteiger partial charge in [-0.2, -0.15) is 0 Å². The quantitative estimate of drug-likeness (QED) is 0.779. The van der Waals surface area contributed by atoms with Crippen molar-refractivity contribution in [3.63, 3.8) is 0 Å². The Labute approximate surface area is 97.3 Å². The molecule has 2 nitrogen and oxygen atoms in total. The summed E-state index contributed by atoms with van der Waals surface area (Å²) in [7, 11) is 2.02. The summed E-state index contributed by atoms with van der Waals surface area (Å²) in [5, 5.41) is 0. The largest absolute Gasteiger partial charge is 0.398 e. The Morgan fingerprint density at radius 1 is 1.31 bits per heavy atom. The smallest absolute Gasteiger partial charge is 0.129 e. The van der Waals surface area contributed by atoms with E-state index in [9.17, 15) is 4.39 Å². The molecule has 0 unspecified atom stereocenters. The van der Waals surface area contributed by atoms with Gasteiger partial charge in [-0.05, 0) is 32.0 Å². The molecule has 16 heavy (non-hydrogen) atoms. The summed E-state index contributed by atoms with van der Waals surface area (Å²) in [6.45, 7) is 4.87. The van der Waals surface area contributed by atoms with E-state index in [4.69, 9.17) is 5.73 Å². The van der Waals surface area contributed by atoms with E-state index >= 15 is 0 Å². The van der Waals surface area contributed by atoms with Crippen LogP contribution in [0.4, 0.5) is 10.1 Å². The summed E-state index contributed by atoms with van der Waals surface area (Å²) in [5.41, 5.74) is 6.93. The topological polar surface area (TPSA) is 29.3 Å². The van der Waals surface area contributed by atoms with Gasteiger partial charge in [0.2, 0.25) is 0 Å². The summed E-state index contributed by atoms with van der Waals surface area (Å²) in [6, 6.07) is 5.34. The normalized spacial score (nSPS) is 11.4. The number of nitrogen functional groups attached to an aromatic ring is 1. The molecule has 2 N–H and O–H groups in total. The molecule has 1 aromatic carbocycles. The summed E-state index contributed by atoms with van der Waals surface area (Å²) < 4.78 is 13.6. The van der Waals surface area contributed by atoms with E-state index in [-0.39, 0.29) is 5.82 Å². The maximum absolute atomic E-state index is 13.6. The highest BCUT2D eigenvalue weighted by Gasteiger charge is 2.14. The maximum Gasteiger partial charge on any atom is 0.129 e. The Balaban J connectivity index is 2.80. The molecule has 0 aliphatic carbocycles. The molecule has 0 saturated carbocycles. The fourth-order valence-corrected chi connectivity index (χ4v) is 2.03. The van der Waals surface area contributed by atoms with Gasteiger partial charge in [0, 0.05) is 23.8 Å². The molecule has 0 radical (unpaired) electrons. The minimum atomic E-state index is -0.210. The lowest BCUT2D eigenvalue weighted by Gasteiger charge is -2.26. The van der Waals surface area contributed by atoms with Crippen LogP contribution in [0.15, 0.2) is 18.2 Å². The van der Waals surface area contributed by atoms with E-state index < -0.39 is 0 Å². The van der Waals surface area contributed by atoms with Crippen LogP contribution >= 0.6 is 0 Å². The molecule has 0 fully saturated rings. The summed E-state index contributed by atoms with van der Waals surface area (Å²) in [6.07, 6.45) is 2.14. The highest BCUT2D eigenvalue weighted by atomic mass is 19.1. The third-order valence-electron chi connectivity index (χ3n) is 3.13. The number of halogens is 1. The highest BCUT2D eigenvalue weighted by molar-refractivity contribution is 5.47. The van der Waals surface area contributed by atoms with Crippen molar-refractivity contribution in [3.8, 4) is 0 Å². The van der Waals surface area contributed by atoms with Gasteiger partial charge < -0.3 is 5.73 Å². The Hall–Kier alpha value is -1.09. The third-order valence-corrected chi connectivity index (χ3v) is 3.13. The molecule has 0 saturated heterocycles. The number of nitrogens with two attached hydrogens (primary N) is 1. The van der Waals surface area contributed by atoms with E-state index in [1.807, 2.05) is 7.05 Å². The Morgan fingerprint density at radius 2 is 1.94 bits per heavy atom. The Kier molecular flexibility index (Phi) is 4.74. The van der Waals surface area contributed by atoms with Crippen LogP contribution in [0.5, 0.6) is 0 Å². The molecule has 1 aromatic rings. The van der Waals surface area contributed by atoms with Crippen molar-refractivity contribution >= 4 is 5.69 Å². The third kappa shape index (κ3) is 2.95. The SMILES string of the molecule is CCC(CC)N(C)Cc1c(N)cccc1F. The van der Waals surface area contributed by atoms with Gasteiger partial charge in [0.05, 0.1) is 0 Å². The summed E-state index contributed by atoms with van der Waals surface area (Å²) >= 11 is 0. The molecule has 3 heteroatoms. The van der Waals surface area contributed by atoms with E-state index in [2.05, 4.69) is 18.7 Å². The van der Waals surface area contributed by atoms with Crippen molar-refractivity contribution in [1.29, 1.82) is 0 Å². The molecule has 90 valence electrons. The van der Waals surface area contributed by atoms with Crippen molar-refractivity contribution in [1.82, 2.24) is 4.90 Å². The lowest BCUT2D eigenvalue weighted by atomic mass is 10.1. The van der Waals surface area contributed by atoms with Crippen molar-refractivity contribution in [2.45, 2.75) is 39.3 Å². The van der Waals surface area contributed by atoms with Crippen molar-refractivity contribution < 1.29 is 4.39 Å². The number of benzene rings is 1. The van der Waals surface area contributed by atoms with Crippen molar-refractivity contribution in [3.05, 3.63) is 29.6 Å². The molecular formula is C13H21FN2. The molecule has 0 atom stereocenters. The number of hydrogen-bond acceptors (Lipinski definition) is 2. The van der Waals surface area contributed by atoms with E-state index in [0.29, 0.717) is 23.8 Å². The lowest BCUT2D eigenvalue weighted by molar-refractivity contribution is 0.219. The van der Waals surface area contributed by atoms with Crippen molar-refractivity contribution in [2.75, 3.05) is 12.8 Å². The van der Waals surface area contributed by atoms with Gasteiger partial charge in [-0.15, -0.1) is 0 Å². The van der Waals surface area contributed by atoms with E-state index in [1.165, 1.54) is 6.07 Å². The number of nitrogens with zero attached hydrogens (tertiary/aromatic N) is 1. The first kappa shape index (κ1) is 13.0. The molecular weight excluding hydrogens is 203 g/mol. The van der Waals surface area contributed by atoms with Crippen LogP contribution in [-0.4, -0.2) is 18.0 Å². The molecule has 0 aromatic heterocycles. The van der Waals surface area contributed by atoms with Gasteiger partial charge in [0.1, 0.15) is 5.82 Å². The Bertz CT molecular complexity index is 314. The predicted molar refractivity (Wildman–Crippen MR) is 66.6 cm³/mol. The summed E-state index contributed by atoms with van der Waals surface area (Å²) in [5.74, 6) is -0.210. The second-order valence-corrected chi connectivity index (χ2v) is 4.19. The first-order valence-electron chi connectivity index (χ1n) is 5.83. The number of rotatable bonds is 5.